The molecule has 78 valence electrons. The Bertz CT molecular complexity index is 202. The van der Waals surface area contributed by atoms with Crippen molar-refractivity contribution in [1.82, 2.24) is 4.90 Å². The van der Waals surface area contributed by atoms with E-state index in [1.54, 1.807) is 0 Å². The van der Waals surface area contributed by atoms with Gasteiger partial charge in [0.05, 0.1) is 0 Å². The van der Waals surface area contributed by atoms with Crippen LogP contribution in [-0.4, -0.2) is 24.5 Å². The fourth-order valence-corrected chi connectivity index (χ4v) is 2.84. The van der Waals surface area contributed by atoms with Crippen molar-refractivity contribution < 1.29 is 0 Å². The van der Waals surface area contributed by atoms with E-state index in [1.807, 2.05) is 0 Å². The smallest absolute Gasteiger partial charge is 0.0224 e. The van der Waals surface area contributed by atoms with E-state index < -0.39 is 0 Å². The third-order valence-corrected chi connectivity index (χ3v) is 3.81. The van der Waals surface area contributed by atoms with Gasteiger partial charge in [-0.2, -0.15) is 0 Å². The molecule has 0 unspecified atom stereocenters. The molecule has 2 fully saturated rings. The van der Waals surface area contributed by atoms with Crippen LogP contribution >= 0.6 is 0 Å². The van der Waals surface area contributed by atoms with Crippen molar-refractivity contribution in [2.24, 2.45) is 11.8 Å². The van der Waals surface area contributed by atoms with Crippen molar-refractivity contribution in [3.8, 4) is 12.3 Å². The number of piperidine rings is 1. The van der Waals surface area contributed by atoms with Gasteiger partial charge in [-0.15, -0.1) is 12.3 Å². The summed E-state index contributed by atoms with van der Waals surface area (Å²) < 4.78 is 0. The van der Waals surface area contributed by atoms with Gasteiger partial charge in [-0.1, -0.05) is 12.8 Å². The Labute approximate surface area is 87.9 Å². The molecule has 0 aromatic carbocycles. The molecule has 1 aliphatic heterocycles. The Morgan fingerprint density at radius 2 is 1.71 bits per heavy atom. The SMILES string of the molecule is C#CC1CCN(CC2CCCC2)CC1. The van der Waals surface area contributed by atoms with Crippen molar-refractivity contribution in [1.29, 1.82) is 0 Å². The molecule has 2 aliphatic rings. The summed E-state index contributed by atoms with van der Waals surface area (Å²) in [5.41, 5.74) is 0. The van der Waals surface area contributed by atoms with Crippen LogP contribution < -0.4 is 0 Å². The Kier molecular flexibility index (Phi) is 3.48. The second kappa shape index (κ2) is 4.84. The quantitative estimate of drug-likeness (QED) is 0.606. The maximum Gasteiger partial charge on any atom is 0.0224 e. The topological polar surface area (TPSA) is 3.24 Å². The lowest BCUT2D eigenvalue weighted by Crippen LogP contribution is -2.36. The van der Waals surface area contributed by atoms with Crippen LogP contribution in [0.15, 0.2) is 0 Å². The van der Waals surface area contributed by atoms with Crippen LogP contribution in [0, 0.1) is 24.2 Å². The highest BCUT2D eigenvalue weighted by atomic mass is 15.1. The first-order valence-electron chi connectivity index (χ1n) is 6.07. The molecule has 0 atom stereocenters. The second-order valence-corrected chi connectivity index (χ2v) is 4.89. The molecule has 14 heavy (non-hydrogen) atoms. The van der Waals surface area contributed by atoms with Crippen molar-refractivity contribution in [3.05, 3.63) is 0 Å². The second-order valence-electron chi connectivity index (χ2n) is 4.89. The lowest BCUT2D eigenvalue weighted by atomic mass is 9.96. The maximum absolute atomic E-state index is 5.44. The average molecular weight is 191 g/mol. The lowest BCUT2D eigenvalue weighted by Gasteiger charge is -2.31. The molecule has 1 heterocycles. The van der Waals surface area contributed by atoms with Crippen LogP contribution in [-0.2, 0) is 0 Å². The van der Waals surface area contributed by atoms with E-state index in [9.17, 15) is 0 Å². The molecule has 0 spiro atoms. The zero-order valence-electron chi connectivity index (χ0n) is 9.04. The molecular formula is C13H21N. The van der Waals surface area contributed by atoms with Gasteiger partial charge >= 0.3 is 0 Å². The summed E-state index contributed by atoms with van der Waals surface area (Å²) in [6, 6.07) is 0. The van der Waals surface area contributed by atoms with E-state index in [4.69, 9.17) is 6.42 Å². The molecule has 1 heteroatoms. The molecule has 2 rings (SSSR count). The molecular weight excluding hydrogens is 170 g/mol. The van der Waals surface area contributed by atoms with Gasteiger partial charge in [0, 0.05) is 12.5 Å². The highest BCUT2D eigenvalue weighted by molar-refractivity contribution is 4.95. The van der Waals surface area contributed by atoms with E-state index in [2.05, 4.69) is 10.8 Å². The number of nitrogens with zero attached hydrogens (tertiary/aromatic N) is 1. The highest BCUT2D eigenvalue weighted by Gasteiger charge is 2.22. The van der Waals surface area contributed by atoms with E-state index in [1.165, 1.54) is 58.2 Å². The van der Waals surface area contributed by atoms with Crippen LogP contribution in [0.3, 0.4) is 0 Å². The van der Waals surface area contributed by atoms with E-state index in [0.29, 0.717) is 5.92 Å². The summed E-state index contributed by atoms with van der Waals surface area (Å²) >= 11 is 0. The molecule has 0 aromatic rings. The minimum Gasteiger partial charge on any atom is -0.303 e. The molecule has 0 radical (unpaired) electrons. The zero-order valence-corrected chi connectivity index (χ0v) is 9.04. The largest absolute Gasteiger partial charge is 0.303 e. The molecule has 0 N–H and O–H groups in total. The van der Waals surface area contributed by atoms with E-state index in [-0.39, 0.29) is 0 Å². The van der Waals surface area contributed by atoms with Crippen LogP contribution in [0.25, 0.3) is 0 Å². The molecule has 1 saturated heterocycles. The van der Waals surface area contributed by atoms with Gasteiger partial charge in [-0.25, -0.2) is 0 Å². The summed E-state index contributed by atoms with van der Waals surface area (Å²) in [6.07, 6.45) is 13.8. The number of hydrogen-bond donors (Lipinski definition) is 0. The Morgan fingerprint density at radius 3 is 2.29 bits per heavy atom. The standard InChI is InChI=1S/C13H21N/c1-2-12-7-9-14(10-8-12)11-13-5-3-4-6-13/h1,12-13H,3-11H2. The molecule has 0 amide bonds. The number of hydrogen-bond acceptors (Lipinski definition) is 1. The first-order valence-corrected chi connectivity index (χ1v) is 6.07. The Morgan fingerprint density at radius 1 is 1.07 bits per heavy atom. The number of likely N-dealkylation sites (tertiary alicyclic amines) is 1. The Hall–Kier alpha value is -0.480. The summed E-state index contributed by atoms with van der Waals surface area (Å²) in [6.45, 7) is 3.83. The van der Waals surface area contributed by atoms with Crippen LogP contribution in [0.1, 0.15) is 38.5 Å². The third-order valence-electron chi connectivity index (χ3n) is 3.81. The fraction of sp³-hybridized carbons (Fsp3) is 0.846. The maximum atomic E-state index is 5.44. The Balaban J connectivity index is 1.70. The van der Waals surface area contributed by atoms with Crippen molar-refractivity contribution in [3.63, 3.8) is 0 Å². The average Bonchev–Trinajstić information content (AvgIpc) is 2.72. The molecule has 1 nitrogen and oxygen atoms in total. The van der Waals surface area contributed by atoms with Crippen LogP contribution in [0.4, 0.5) is 0 Å². The monoisotopic (exact) mass is 191 g/mol. The first-order chi connectivity index (χ1) is 6.88. The predicted octanol–water partition coefficient (Wildman–Crippen LogP) is 2.52. The van der Waals surface area contributed by atoms with Crippen molar-refractivity contribution in [2.75, 3.05) is 19.6 Å². The van der Waals surface area contributed by atoms with Crippen molar-refractivity contribution in [2.45, 2.75) is 38.5 Å². The molecule has 0 aromatic heterocycles. The lowest BCUT2D eigenvalue weighted by molar-refractivity contribution is 0.179. The van der Waals surface area contributed by atoms with E-state index in [0.717, 1.165) is 5.92 Å². The van der Waals surface area contributed by atoms with Crippen LogP contribution in [0.2, 0.25) is 0 Å². The summed E-state index contributed by atoms with van der Waals surface area (Å²) in [7, 11) is 0. The van der Waals surface area contributed by atoms with Crippen LogP contribution in [0.5, 0.6) is 0 Å². The van der Waals surface area contributed by atoms with Gasteiger partial charge in [0.1, 0.15) is 0 Å². The van der Waals surface area contributed by atoms with Gasteiger partial charge < -0.3 is 4.90 Å². The minimum atomic E-state index is 0.565. The van der Waals surface area contributed by atoms with Gasteiger partial charge in [-0.05, 0) is 44.7 Å². The summed E-state index contributed by atoms with van der Waals surface area (Å²) in [4.78, 5) is 2.63. The third kappa shape index (κ3) is 2.51. The number of terminal acetylenes is 1. The molecule has 1 aliphatic carbocycles. The highest BCUT2D eigenvalue weighted by Crippen LogP contribution is 2.27. The summed E-state index contributed by atoms with van der Waals surface area (Å²) in [5.74, 6) is 4.45. The number of rotatable bonds is 2. The zero-order chi connectivity index (χ0) is 9.80. The van der Waals surface area contributed by atoms with Gasteiger partial charge in [0.25, 0.3) is 0 Å². The fourth-order valence-electron chi connectivity index (χ4n) is 2.84. The van der Waals surface area contributed by atoms with Crippen molar-refractivity contribution >= 4 is 0 Å². The van der Waals surface area contributed by atoms with E-state index >= 15 is 0 Å². The van der Waals surface area contributed by atoms with Gasteiger partial charge in [-0.3, -0.25) is 0 Å². The van der Waals surface area contributed by atoms with Gasteiger partial charge in [0.15, 0.2) is 0 Å². The van der Waals surface area contributed by atoms with Gasteiger partial charge in [0.2, 0.25) is 0 Å². The molecule has 1 saturated carbocycles. The minimum absolute atomic E-state index is 0.565. The molecule has 0 bridgehead atoms. The first kappa shape index (κ1) is 10.1. The summed E-state index contributed by atoms with van der Waals surface area (Å²) in [5, 5.41) is 0. The predicted molar refractivity (Wildman–Crippen MR) is 60.0 cm³/mol. The normalized spacial score (nSPS) is 26.5.